The van der Waals surface area contributed by atoms with Gasteiger partial charge < -0.3 is 4.57 Å². The van der Waals surface area contributed by atoms with Crippen LogP contribution in [0.15, 0.2) is 24.4 Å². The number of imidazole rings is 1. The van der Waals surface area contributed by atoms with Gasteiger partial charge in [-0.15, -0.1) is 11.6 Å². The summed E-state index contributed by atoms with van der Waals surface area (Å²) in [4.78, 5) is 4.63. The van der Waals surface area contributed by atoms with Gasteiger partial charge >= 0.3 is 0 Å². The van der Waals surface area contributed by atoms with Crippen molar-refractivity contribution in [1.82, 2.24) is 19.3 Å². The molecule has 0 radical (unpaired) electrons. The zero-order valence-corrected chi connectivity index (χ0v) is 13.7. The Morgan fingerprint density at radius 2 is 2.10 bits per heavy atom. The molecule has 0 aliphatic rings. The number of halogens is 2. The monoisotopic (exact) mass is 322 g/mol. The van der Waals surface area contributed by atoms with Crippen molar-refractivity contribution in [1.29, 1.82) is 0 Å². The summed E-state index contributed by atoms with van der Waals surface area (Å²) in [6.45, 7) is 4.63. The van der Waals surface area contributed by atoms with E-state index < -0.39 is 0 Å². The zero-order chi connectivity index (χ0) is 15.1. The second-order valence-electron chi connectivity index (χ2n) is 5.16. The fraction of sp³-hybridized carbons (Fsp3) is 0.333. The van der Waals surface area contributed by atoms with Crippen LogP contribution >= 0.6 is 23.2 Å². The maximum atomic E-state index is 6.37. The molecule has 0 N–H and O–H groups in total. The van der Waals surface area contributed by atoms with Crippen molar-refractivity contribution in [2.75, 3.05) is 0 Å². The van der Waals surface area contributed by atoms with Gasteiger partial charge in [0.05, 0.1) is 34.2 Å². The van der Waals surface area contributed by atoms with Gasteiger partial charge in [-0.05, 0) is 26.0 Å². The Morgan fingerprint density at radius 3 is 2.71 bits per heavy atom. The largest absolute Gasteiger partial charge is 0.321 e. The van der Waals surface area contributed by atoms with Crippen LogP contribution in [-0.4, -0.2) is 19.3 Å². The molecule has 0 fully saturated rings. The second kappa shape index (κ2) is 5.35. The molecule has 2 aromatic heterocycles. The molecule has 3 rings (SSSR count). The Balaban J connectivity index is 2.20. The molecule has 0 saturated heterocycles. The summed E-state index contributed by atoms with van der Waals surface area (Å²) in [5, 5.41) is 4.79. The van der Waals surface area contributed by atoms with E-state index >= 15 is 0 Å². The first kappa shape index (κ1) is 14.4. The highest BCUT2D eigenvalue weighted by Crippen LogP contribution is 2.30. The first-order chi connectivity index (χ1) is 9.99. The van der Waals surface area contributed by atoms with Crippen LogP contribution in [0.5, 0.6) is 0 Å². The summed E-state index contributed by atoms with van der Waals surface area (Å²) in [5.41, 5.74) is 4.05. The molecule has 21 heavy (non-hydrogen) atoms. The van der Waals surface area contributed by atoms with Gasteiger partial charge in [-0.25, -0.2) is 4.98 Å². The van der Waals surface area contributed by atoms with E-state index in [1.807, 2.05) is 50.0 Å². The van der Waals surface area contributed by atoms with Gasteiger partial charge in [0.25, 0.3) is 0 Å². The number of aromatic nitrogens is 4. The molecule has 1 aromatic carbocycles. The summed E-state index contributed by atoms with van der Waals surface area (Å²) in [6, 6.07) is 5.73. The molecule has 2 heterocycles. The van der Waals surface area contributed by atoms with Crippen LogP contribution in [0, 0.1) is 6.92 Å². The molecule has 4 nitrogen and oxygen atoms in total. The normalized spacial score (nSPS) is 13.0. The van der Waals surface area contributed by atoms with E-state index in [1.165, 1.54) is 0 Å². The molecule has 3 aromatic rings. The number of aryl methyl sites for hydroxylation is 1. The van der Waals surface area contributed by atoms with Crippen molar-refractivity contribution in [2.45, 2.75) is 25.8 Å². The van der Waals surface area contributed by atoms with E-state index in [4.69, 9.17) is 23.2 Å². The first-order valence-corrected chi connectivity index (χ1v) is 7.56. The smallest absolute Gasteiger partial charge is 0.128 e. The standard InChI is InChI=1S/C15H16Cl2N4/c1-9(16)15-19-13-6-4-5-12(17)14(13)21(15)8-11-7-18-20(3)10(11)2/h4-7,9H,8H2,1-3H3. The number of rotatable bonds is 3. The lowest BCUT2D eigenvalue weighted by atomic mass is 10.2. The first-order valence-electron chi connectivity index (χ1n) is 6.75. The van der Waals surface area contributed by atoms with Crippen LogP contribution in [0.1, 0.15) is 29.4 Å². The lowest BCUT2D eigenvalue weighted by molar-refractivity contribution is 0.720. The van der Waals surface area contributed by atoms with Gasteiger partial charge in [0.1, 0.15) is 5.82 Å². The highest BCUT2D eigenvalue weighted by atomic mass is 35.5. The van der Waals surface area contributed by atoms with Crippen molar-refractivity contribution in [3.8, 4) is 0 Å². The summed E-state index contributed by atoms with van der Waals surface area (Å²) in [6.07, 6.45) is 1.88. The number of nitrogens with zero attached hydrogens (tertiary/aromatic N) is 4. The SMILES string of the molecule is Cc1c(Cn2c(C(C)Cl)nc3cccc(Cl)c32)cnn1C. The molecule has 0 saturated carbocycles. The predicted molar refractivity (Wildman–Crippen MR) is 86.1 cm³/mol. The van der Waals surface area contributed by atoms with Gasteiger partial charge in [-0.3, -0.25) is 4.68 Å². The molecule has 0 spiro atoms. The average molecular weight is 323 g/mol. The van der Waals surface area contributed by atoms with Crippen LogP contribution in [0.3, 0.4) is 0 Å². The van der Waals surface area contributed by atoms with Gasteiger partial charge in [-0.2, -0.15) is 5.10 Å². The van der Waals surface area contributed by atoms with Crippen LogP contribution in [0.4, 0.5) is 0 Å². The zero-order valence-electron chi connectivity index (χ0n) is 12.1. The quantitative estimate of drug-likeness (QED) is 0.681. The fourth-order valence-corrected chi connectivity index (χ4v) is 2.93. The van der Waals surface area contributed by atoms with Crippen molar-refractivity contribution in [2.24, 2.45) is 7.05 Å². The molecule has 110 valence electrons. The van der Waals surface area contributed by atoms with Gasteiger partial charge in [0, 0.05) is 18.3 Å². The number of para-hydroxylation sites is 1. The minimum Gasteiger partial charge on any atom is -0.321 e. The molecule has 6 heteroatoms. The van der Waals surface area contributed by atoms with Crippen molar-refractivity contribution in [3.05, 3.63) is 46.5 Å². The third-order valence-electron chi connectivity index (χ3n) is 3.77. The molecule has 0 amide bonds. The Bertz CT molecular complexity index is 801. The molecule has 0 aliphatic heterocycles. The molecule has 1 unspecified atom stereocenters. The maximum absolute atomic E-state index is 6.37. The number of alkyl halides is 1. The van der Waals surface area contributed by atoms with E-state index in [1.54, 1.807) is 0 Å². The van der Waals surface area contributed by atoms with E-state index in [2.05, 4.69) is 14.6 Å². The number of hydrogen-bond acceptors (Lipinski definition) is 2. The Labute approximate surface area is 133 Å². The van der Waals surface area contributed by atoms with Crippen LogP contribution in [0.2, 0.25) is 5.02 Å². The molecular formula is C15H16Cl2N4. The van der Waals surface area contributed by atoms with Crippen LogP contribution < -0.4 is 0 Å². The molecule has 0 bridgehead atoms. The lowest BCUT2D eigenvalue weighted by Crippen LogP contribution is -2.07. The topological polar surface area (TPSA) is 35.6 Å². The highest BCUT2D eigenvalue weighted by Gasteiger charge is 2.18. The Hall–Kier alpha value is -1.52. The highest BCUT2D eigenvalue weighted by molar-refractivity contribution is 6.35. The fourth-order valence-electron chi connectivity index (χ4n) is 2.49. The van der Waals surface area contributed by atoms with Gasteiger partial charge in [0.15, 0.2) is 0 Å². The van der Waals surface area contributed by atoms with Crippen molar-refractivity contribution in [3.63, 3.8) is 0 Å². The van der Waals surface area contributed by atoms with E-state index in [-0.39, 0.29) is 5.38 Å². The summed E-state index contributed by atoms with van der Waals surface area (Å²) in [5.74, 6) is 0.822. The lowest BCUT2D eigenvalue weighted by Gasteiger charge is -2.11. The average Bonchev–Trinajstić information content (AvgIpc) is 2.96. The molecule has 1 atom stereocenters. The van der Waals surface area contributed by atoms with E-state index in [0.717, 1.165) is 28.1 Å². The third-order valence-corrected chi connectivity index (χ3v) is 4.27. The maximum Gasteiger partial charge on any atom is 0.128 e. The minimum atomic E-state index is -0.189. The predicted octanol–water partition coefficient (Wildman–Crippen LogP) is 4.08. The Kier molecular flexibility index (Phi) is 3.68. The van der Waals surface area contributed by atoms with Crippen LogP contribution in [-0.2, 0) is 13.6 Å². The number of fused-ring (bicyclic) bond motifs is 1. The van der Waals surface area contributed by atoms with Crippen molar-refractivity contribution >= 4 is 34.2 Å². The second-order valence-corrected chi connectivity index (χ2v) is 6.22. The minimum absolute atomic E-state index is 0.189. The van der Waals surface area contributed by atoms with Crippen LogP contribution in [0.25, 0.3) is 11.0 Å². The molecular weight excluding hydrogens is 307 g/mol. The van der Waals surface area contributed by atoms with E-state index in [9.17, 15) is 0 Å². The summed E-state index contributed by atoms with van der Waals surface area (Å²) >= 11 is 12.7. The Morgan fingerprint density at radius 1 is 1.33 bits per heavy atom. The van der Waals surface area contributed by atoms with Gasteiger partial charge in [-0.1, -0.05) is 17.7 Å². The summed E-state index contributed by atoms with van der Waals surface area (Å²) < 4.78 is 3.94. The molecule has 0 aliphatic carbocycles. The number of hydrogen-bond donors (Lipinski definition) is 0. The number of benzene rings is 1. The van der Waals surface area contributed by atoms with E-state index in [0.29, 0.717) is 11.6 Å². The summed E-state index contributed by atoms with van der Waals surface area (Å²) in [7, 11) is 1.93. The van der Waals surface area contributed by atoms with Gasteiger partial charge in [0.2, 0.25) is 0 Å². The third kappa shape index (κ3) is 2.43. The van der Waals surface area contributed by atoms with Crippen molar-refractivity contribution < 1.29 is 0 Å².